The number of hydrogen-bond acceptors (Lipinski definition) is 3. The zero-order valence-electron chi connectivity index (χ0n) is 13.3. The maximum Gasteiger partial charge on any atom is 0.238 e. The highest BCUT2D eigenvalue weighted by Gasteiger charge is 2.46. The molecule has 2 aliphatic rings. The predicted molar refractivity (Wildman–Crippen MR) is 82.3 cm³/mol. The van der Waals surface area contributed by atoms with Crippen LogP contribution in [0.1, 0.15) is 46.0 Å². The fraction of sp³-hybridized carbons (Fsp3) is 0.938. The Labute approximate surface area is 123 Å². The highest BCUT2D eigenvalue weighted by Crippen LogP contribution is 2.38. The molecule has 1 saturated carbocycles. The summed E-state index contributed by atoms with van der Waals surface area (Å²) in [5, 5.41) is 3.24. The number of likely N-dealkylation sites (N-methyl/N-ethyl adjacent to an activating group) is 1. The molecule has 2 fully saturated rings. The molecule has 0 aromatic carbocycles. The van der Waals surface area contributed by atoms with Crippen molar-refractivity contribution in [1.82, 2.24) is 10.2 Å². The molecule has 4 atom stereocenters. The molecule has 4 unspecified atom stereocenters. The van der Waals surface area contributed by atoms with E-state index in [0.29, 0.717) is 5.92 Å². The number of likely N-dealkylation sites (tertiary alicyclic amines) is 1. The maximum absolute atomic E-state index is 11.9. The van der Waals surface area contributed by atoms with Crippen molar-refractivity contribution >= 4 is 5.91 Å². The maximum atomic E-state index is 11.9. The largest absolute Gasteiger partial charge is 0.368 e. The van der Waals surface area contributed by atoms with E-state index in [0.717, 1.165) is 44.1 Å². The number of hydrogen-bond donors (Lipinski definition) is 2. The number of amides is 1. The molecule has 3 N–H and O–H groups in total. The molecule has 2 rings (SSSR count). The molecule has 1 heterocycles. The summed E-state index contributed by atoms with van der Waals surface area (Å²) in [5.74, 6) is 1.88. The van der Waals surface area contributed by atoms with Crippen molar-refractivity contribution in [3.63, 3.8) is 0 Å². The van der Waals surface area contributed by atoms with E-state index in [1.165, 1.54) is 19.5 Å². The van der Waals surface area contributed by atoms with E-state index >= 15 is 0 Å². The monoisotopic (exact) mass is 281 g/mol. The van der Waals surface area contributed by atoms with Crippen LogP contribution in [-0.2, 0) is 4.79 Å². The van der Waals surface area contributed by atoms with Crippen LogP contribution in [0.15, 0.2) is 0 Å². The van der Waals surface area contributed by atoms with Crippen LogP contribution in [0.5, 0.6) is 0 Å². The van der Waals surface area contributed by atoms with Gasteiger partial charge in [-0.1, -0.05) is 20.3 Å². The van der Waals surface area contributed by atoms with Gasteiger partial charge in [0.2, 0.25) is 5.91 Å². The zero-order chi connectivity index (χ0) is 14.8. The van der Waals surface area contributed by atoms with Gasteiger partial charge >= 0.3 is 0 Å². The fourth-order valence-corrected chi connectivity index (χ4v) is 4.14. The smallest absolute Gasteiger partial charge is 0.238 e. The lowest BCUT2D eigenvalue weighted by atomic mass is 9.83. The molecule has 1 saturated heterocycles. The number of carbonyl (C=O) groups excluding carboxylic acids is 1. The summed E-state index contributed by atoms with van der Waals surface area (Å²) in [6, 6.07) is 0. The van der Waals surface area contributed by atoms with E-state index in [1.807, 2.05) is 7.05 Å². The summed E-state index contributed by atoms with van der Waals surface area (Å²) in [6.07, 6.45) is 5.53. The van der Waals surface area contributed by atoms with Crippen molar-refractivity contribution in [2.75, 3.05) is 26.7 Å². The second-order valence-corrected chi connectivity index (χ2v) is 7.01. The van der Waals surface area contributed by atoms with Crippen LogP contribution in [0.3, 0.4) is 0 Å². The van der Waals surface area contributed by atoms with Gasteiger partial charge in [0.15, 0.2) is 0 Å². The van der Waals surface area contributed by atoms with E-state index < -0.39 is 5.54 Å². The Hall–Kier alpha value is -0.610. The first-order valence-electron chi connectivity index (χ1n) is 8.20. The molecule has 4 nitrogen and oxygen atoms in total. The minimum atomic E-state index is -0.450. The van der Waals surface area contributed by atoms with E-state index in [-0.39, 0.29) is 5.91 Å². The minimum Gasteiger partial charge on any atom is -0.368 e. The summed E-state index contributed by atoms with van der Waals surface area (Å²) in [7, 11) is 1.88. The van der Waals surface area contributed by atoms with E-state index in [4.69, 9.17) is 5.73 Å². The lowest BCUT2D eigenvalue weighted by Gasteiger charge is -2.37. The van der Waals surface area contributed by atoms with Gasteiger partial charge in [-0.05, 0) is 63.6 Å². The molecule has 1 aliphatic carbocycles. The number of nitrogens with one attached hydrogen (secondary N) is 1. The third-order valence-electron chi connectivity index (χ3n) is 5.92. The Kier molecular flexibility index (Phi) is 5.08. The SMILES string of the molecule is CNC1(C(N)=O)CCCC1CCN1CCC(C)C(C)C1. The summed E-state index contributed by atoms with van der Waals surface area (Å²) >= 11 is 0. The third kappa shape index (κ3) is 3.01. The molecule has 4 heteroatoms. The van der Waals surface area contributed by atoms with Gasteiger partial charge in [0, 0.05) is 6.54 Å². The minimum absolute atomic E-state index is 0.164. The van der Waals surface area contributed by atoms with Crippen molar-refractivity contribution in [3.05, 3.63) is 0 Å². The molecule has 0 aromatic rings. The van der Waals surface area contributed by atoms with Gasteiger partial charge < -0.3 is 16.0 Å². The van der Waals surface area contributed by atoms with Crippen LogP contribution in [0.2, 0.25) is 0 Å². The molecule has 0 bridgehead atoms. The van der Waals surface area contributed by atoms with Gasteiger partial charge in [-0.2, -0.15) is 0 Å². The van der Waals surface area contributed by atoms with E-state index in [2.05, 4.69) is 24.1 Å². The Morgan fingerprint density at radius 1 is 1.35 bits per heavy atom. The van der Waals surface area contributed by atoms with Crippen LogP contribution in [0.4, 0.5) is 0 Å². The molecule has 0 radical (unpaired) electrons. The van der Waals surface area contributed by atoms with Gasteiger partial charge in [-0.3, -0.25) is 4.79 Å². The van der Waals surface area contributed by atoms with Crippen LogP contribution in [0, 0.1) is 17.8 Å². The number of carbonyl (C=O) groups is 1. The molecule has 1 aliphatic heterocycles. The van der Waals surface area contributed by atoms with E-state index in [1.54, 1.807) is 0 Å². The Bertz CT molecular complexity index is 347. The average molecular weight is 281 g/mol. The first-order chi connectivity index (χ1) is 9.49. The summed E-state index contributed by atoms with van der Waals surface area (Å²) < 4.78 is 0. The van der Waals surface area contributed by atoms with Crippen molar-refractivity contribution in [3.8, 4) is 0 Å². The number of piperidine rings is 1. The van der Waals surface area contributed by atoms with Gasteiger partial charge in [0.1, 0.15) is 5.54 Å². The van der Waals surface area contributed by atoms with Gasteiger partial charge in [-0.25, -0.2) is 0 Å². The molecule has 116 valence electrons. The lowest BCUT2D eigenvalue weighted by Crippen LogP contribution is -2.57. The van der Waals surface area contributed by atoms with Crippen molar-refractivity contribution in [2.45, 2.75) is 51.5 Å². The fourth-order valence-electron chi connectivity index (χ4n) is 4.14. The Morgan fingerprint density at radius 3 is 2.70 bits per heavy atom. The summed E-state index contributed by atoms with van der Waals surface area (Å²) in [6.45, 7) is 8.24. The summed E-state index contributed by atoms with van der Waals surface area (Å²) in [5.41, 5.74) is 5.22. The predicted octanol–water partition coefficient (Wildman–Crippen LogP) is 1.60. The van der Waals surface area contributed by atoms with E-state index in [9.17, 15) is 4.79 Å². The van der Waals surface area contributed by atoms with Gasteiger partial charge in [0.05, 0.1) is 0 Å². The highest BCUT2D eigenvalue weighted by atomic mass is 16.1. The molecule has 0 spiro atoms. The Balaban J connectivity index is 1.88. The molecule has 0 aromatic heterocycles. The number of primary amides is 1. The van der Waals surface area contributed by atoms with Crippen molar-refractivity contribution in [2.24, 2.45) is 23.5 Å². The van der Waals surface area contributed by atoms with Crippen molar-refractivity contribution in [1.29, 1.82) is 0 Å². The van der Waals surface area contributed by atoms with Gasteiger partial charge in [-0.15, -0.1) is 0 Å². The number of rotatable bonds is 5. The van der Waals surface area contributed by atoms with Crippen LogP contribution in [-0.4, -0.2) is 43.0 Å². The third-order valence-corrected chi connectivity index (χ3v) is 5.92. The zero-order valence-corrected chi connectivity index (χ0v) is 13.3. The molecular formula is C16H31N3O. The molecular weight excluding hydrogens is 250 g/mol. The Morgan fingerprint density at radius 2 is 2.10 bits per heavy atom. The first kappa shape index (κ1) is 15.8. The van der Waals surface area contributed by atoms with Gasteiger partial charge in [0.25, 0.3) is 0 Å². The number of nitrogens with two attached hydrogens (primary N) is 1. The normalized spacial score (nSPS) is 39.0. The van der Waals surface area contributed by atoms with Crippen molar-refractivity contribution < 1.29 is 4.79 Å². The quantitative estimate of drug-likeness (QED) is 0.805. The first-order valence-corrected chi connectivity index (χ1v) is 8.20. The van der Waals surface area contributed by atoms with Crippen LogP contribution in [0.25, 0.3) is 0 Å². The standard InChI is InChI=1S/C16H31N3O/c1-12-6-9-19(11-13(12)2)10-7-14-5-4-8-16(14,18-3)15(17)20/h12-14,18H,4-11H2,1-3H3,(H2,17,20). The van der Waals surface area contributed by atoms with Crippen LogP contribution < -0.4 is 11.1 Å². The van der Waals surface area contributed by atoms with Crippen LogP contribution >= 0.6 is 0 Å². The summed E-state index contributed by atoms with van der Waals surface area (Å²) in [4.78, 5) is 14.4. The lowest BCUT2D eigenvalue weighted by molar-refractivity contribution is -0.125. The molecule has 1 amide bonds. The second kappa shape index (κ2) is 6.44. The average Bonchev–Trinajstić information content (AvgIpc) is 2.84. The second-order valence-electron chi connectivity index (χ2n) is 7.01. The highest BCUT2D eigenvalue weighted by molar-refractivity contribution is 5.85. The topological polar surface area (TPSA) is 58.4 Å². The molecule has 20 heavy (non-hydrogen) atoms. The number of nitrogens with zero attached hydrogens (tertiary/aromatic N) is 1.